The Bertz CT molecular complexity index is 240. The van der Waals surface area contributed by atoms with E-state index in [9.17, 15) is 4.79 Å². The van der Waals surface area contributed by atoms with E-state index in [0.717, 1.165) is 12.5 Å². The molecular formula is C14H29ClN2O2. The summed E-state index contributed by atoms with van der Waals surface area (Å²) in [4.78, 5) is 11.7. The minimum Gasteiger partial charge on any atom is -0.380 e. The van der Waals surface area contributed by atoms with Crippen molar-refractivity contribution in [2.45, 2.75) is 51.6 Å². The first kappa shape index (κ1) is 18.7. The second kappa shape index (κ2) is 10.5. The number of carbonyl (C=O) groups is 1. The van der Waals surface area contributed by atoms with Crippen LogP contribution in [0.1, 0.15) is 45.4 Å². The van der Waals surface area contributed by atoms with Gasteiger partial charge in [0.15, 0.2) is 0 Å². The summed E-state index contributed by atoms with van der Waals surface area (Å²) in [7, 11) is 1.59. The number of ether oxygens (including phenoxy) is 1. The third kappa shape index (κ3) is 7.14. The van der Waals surface area contributed by atoms with Crippen LogP contribution in [0.4, 0.5) is 0 Å². The smallest absolute Gasteiger partial charge is 0.222 e. The number of amides is 1. The Morgan fingerprint density at radius 3 is 2.37 bits per heavy atom. The molecule has 19 heavy (non-hydrogen) atoms. The number of hydrogen-bond donors (Lipinski definition) is 2. The minimum atomic E-state index is -0.152. The molecule has 1 aliphatic rings. The molecule has 1 atom stereocenters. The summed E-state index contributed by atoms with van der Waals surface area (Å²) >= 11 is 0. The molecular weight excluding hydrogens is 264 g/mol. The van der Waals surface area contributed by atoms with Crippen LogP contribution in [0, 0.1) is 11.8 Å². The molecule has 1 fully saturated rings. The van der Waals surface area contributed by atoms with Crippen LogP contribution in [0.2, 0.25) is 0 Å². The molecule has 0 aromatic carbocycles. The molecule has 4 nitrogen and oxygen atoms in total. The van der Waals surface area contributed by atoms with E-state index in [1.807, 2.05) is 0 Å². The minimum absolute atomic E-state index is 0. The molecule has 0 aromatic rings. The average molecular weight is 293 g/mol. The van der Waals surface area contributed by atoms with Crippen molar-refractivity contribution in [3.05, 3.63) is 0 Å². The van der Waals surface area contributed by atoms with Gasteiger partial charge in [0.05, 0.1) is 12.5 Å². The highest BCUT2D eigenvalue weighted by molar-refractivity contribution is 5.85. The van der Waals surface area contributed by atoms with E-state index in [1.165, 1.54) is 32.1 Å². The fraction of sp³-hybridized carbons (Fsp3) is 0.929. The fourth-order valence-electron chi connectivity index (χ4n) is 2.64. The molecule has 0 saturated heterocycles. The van der Waals surface area contributed by atoms with Gasteiger partial charge in [-0.3, -0.25) is 4.79 Å². The predicted octanol–water partition coefficient (Wildman–Crippen LogP) is 2.10. The highest BCUT2D eigenvalue weighted by Crippen LogP contribution is 2.30. The van der Waals surface area contributed by atoms with Crippen LogP contribution < -0.4 is 11.1 Å². The van der Waals surface area contributed by atoms with E-state index in [-0.39, 0.29) is 24.4 Å². The maximum absolute atomic E-state index is 11.7. The van der Waals surface area contributed by atoms with Crippen LogP contribution in [0.15, 0.2) is 0 Å². The zero-order valence-electron chi connectivity index (χ0n) is 12.2. The number of nitrogens with two attached hydrogens (primary N) is 1. The van der Waals surface area contributed by atoms with E-state index in [4.69, 9.17) is 10.5 Å². The zero-order chi connectivity index (χ0) is 13.4. The quantitative estimate of drug-likeness (QED) is 0.755. The number of rotatable bonds is 7. The molecule has 5 heteroatoms. The average Bonchev–Trinajstić information content (AvgIpc) is 2.43. The summed E-state index contributed by atoms with van der Waals surface area (Å²) in [5.41, 5.74) is 5.50. The molecule has 1 aliphatic carbocycles. The van der Waals surface area contributed by atoms with E-state index in [0.29, 0.717) is 18.9 Å². The Kier molecular flexibility index (Phi) is 10.3. The second-order valence-corrected chi connectivity index (χ2v) is 5.40. The molecule has 0 aliphatic heterocycles. The standard InChI is InChI=1S/C14H28N2O2.ClH/c1-3-11-4-6-12(7-5-11)10-16-14(17)8-13(9-15)18-2;/h11-13H,3-10,15H2,1-2H3,(H,16,17);1H. The Morgan fingerprint density at radius 1 is 1.32 bits per heavy atom. The van der Waals surface area contributed by atoms with Crippen LogP contribution in [0.5, 0.6) is 0 Å². The van der Waals surface area contributed by atoms with Gasteiger partial charge in [-0.2, -0.15) is 0 Å². The van der Waals surface area contributed by atoms with Crippen molar-refractivity contribution in [3.8, 4) is 0 Å². The Morgan fingerprint density at radius 2 is 1.89 bits per heavy atom. The monoisotopic (exact) mass is 292 g/mol. The van der Waals surface area contributed by atoms with Crippen LogP contribution in [-0.2, 0) is 9.53 Å². The molecule has 0 heterocycles. The Labute approximate surface area is 123 Å². The summed E-state index contributed by atoms with van der Waals surface area (Å²) in [5, 5.41) is 3.01. The third-order valence-corrected chi connectivity index (χ3v) is 4.14. The highest BCUT2D eigenvalue weighted by Gasteiger charge is 2.20. The van der Waals surface area contributed by atoms with Crippen LogP contribution in [-0.4, -0.2) is 32.2 Å². The normalized spacial score (nSPS) is 24.4. The van der Waals surface area contributed by atoms with E-state index in [2.05, 4.69) is 12.2 Å². The third-order valence-electron chi connectivity index (χ3n) is 4.14. The van der Waals surface area contributed by atoms with Gasteiger partial charge in [-0.25, -0.2) is 0 Å². The molecule has 114 valence electrons. The van der Waals surface area contributed by atoms with Crippen molar-refractivity contribution in [1.82, 2.24) is 5.32 Å². The summed E-state index contributed by atoms with van der Waals surface area (Å²) < 4.78 is 5.10. The maximum atomic E-state index is 11.7. The zero-order valence-corrected chi connectivity index (χ0v) is 13.0. The van der Waals surface area contributed by atoms with Gasteiger partial charge in [0, 0.05) is 20.2 Å². The number of methoxy groups -OCH3 is 1. The second-order valence-electron chi connectivity index (χ2n) is 5.40. The molecule has 0 aromatic heterocycles. The molecule has 0 spiro atoms. The topological polar surface area (TPSA) is 64.4 Å². The first-order valence-corrected chi connectivity index (χ1v) is 7.19. The van der Waals surface area contributed by atoms with Crippen LogP contribution >= 0.6 is 12.4 Å². The predicted molar refractivity (Wildman–Crippen MR) is 80.5 cm³/mol. The van der Waals surface area contributed by atoms with Gasteiger partial charge in [-0.1, -0.05) is 26.2 Å². The largest absolute Gasteiger partial charge is 0.380 e. The first-order chi connectivity index (χ1) is 8.69. The van der Waals surface area contributed by atoms with E-state index >= 15 is 0 Å². The van der Waals surface area contributed by atoms with Crippen molar-refractivity contribution >= 4 is 18.3 Å². The van der Waals surface area contributed by atoms with Gasteiger partial charge in [0.1, 0.15) is 0 Å². The van der Waals surface area contributed by atoms with Crippen molar-refractivity contribution in [3.63, 3.8) is 0 Å². The maximum Gasteiger partial charge on any atom is 0.222 e. The lowest BCUT2D eigenvalue weighted by molar-refractivity contribution is -0.123. The van der Waals surface area contributed by atoms with Crippen LogP contribution in [0.25, 0.3) is 0 Å². The van der Waals surface area contributed by atoms with Crippen LogP contribution in [0.3, 0.4) is 0 Å². The van der Waals surface area contributed by atoms with Gasteiger partial charge < -0.3 is 15.8 Å². The van der Waals surface area contributed by atoms with Gasteiger partial charge in [-0.05, 0) is 24.7 Å². The SMILES string of the molecule is CCC1CCC(CNC(=O)CC(CN)OC)CC1.Cl. The van der Waals surface area contributed by atoms with E-state index in [1.54, 1.807) is 7.11 Å². The van der Waals surface area contributed by atoms with Gasteiger partial charge in [0.25, 0.3) is 0 Å². The van der Waals surface area contributed by atoms with Crippen molar-refractivity contribution in [1.29, 1.82) is 0 Å². The molecule has 1 unspecified atom stereocenters. The number of carbonyl (C=O) groups excluding carboxylic acids is 1. The van der Waals surface area contributed by atoms with Gasteiger partial charge >= 0.3 is 0 Å². The molecule has 1 amide bonds. The lowest BCUT2D eigenvalue weighted by Gasteiger charge is -2.28. The molecule has 0 bridgehead atoms. The number of nitrogens with one attached hydrogen (secondary N) is 1. The Balaban J connectivity index is 0.00000324. The fourth-order valence-corrected chi connectivity index (χ4v) is 2.64. The summed E-state index contributed by atoms with van der Waals surface area (Å²) in [5.74, 6) is 1.63. The molecule has 1 saturated carbocycles. The molecule has 0 radical (unpaired) electrons. The number of hydrogen-bond acceptors (Lipinski definition) is 3. The van der Waals surface area contributed by atoms with E-state index < -0.39 is 0 Å². The summed E-state index contributed by atoms with van der Waals surface area (Å²) in [6.45, 7) is 3.48. The number of halogens is 1. The van der Waals surface area contributed by atoms with Crippen molar-refractivity contribution < 1.29 is 9.53 Å². The highest BCUT2D eigenvalue weighted by atomic mass is 35.5. The lowest BCUT2D eigenvalue weighted by atomic mass is 9.81. The van der Waals surface area contributed by atoms with Gasteiger partial charge in [-0.15, -0.1) is 12.4 Å². The Hall–Kier alpha value is -0.320. The van der Waals surface area contributed by atoms with Crippen molar-refractivity contribution in [2.24, 2.45) is 17.6 Å². The van der Waals surface area contributed by atoms with Crippen molar-refractivity contribution in [2.75, 3.05) is 20.2 Å². The first-order valence-electron chi connectivity index (χ1n) is 7.19. The summed E-state index contributed by atoms with van der Waals surface area (Å²) in [6.07, 6.45) is 6.66. The molecule has 3 N–H and O–H groups in total. The molecule has 1 rings (SSSR count). The summed E-state index contributed by atoms with van der Waals surface area (Å²) in [6, 6.07) is 0. The van der Waals surface area contributed by atoms with Gasteiger partial charge in [0.2, 0.25) is 5.91 Å². The lowest BCUT2D eigenvalue weighted by Crippen LogP contribution is -2.35.